The summed E-state index contributed by atoms with van der Waals surface area (Å²) < 4.78 is 12.4. The van der Waals surface area contributed by atoms with Gasteiger partial charge in [0, 0.05) is 24.5 Å². The van der Waals surface area contributed by atoms with Gasteiger partial charge in [0.1, 0.15) is 17.3 Å². The minimum absolute atomic E-state index is 0.364. The molecule has 4 rings (SSSR count). The Bertz CT molecular complexity index is 1070. The van der Waals surface area contributed by atoms with Gasteiger partial charge >= 0.3 is 0 Å². The lowest BCUT2D eigenvalue weighted by atomic mass is 10.2. The Kier molecular flexibility index (Phi) is 4.04. The van der Waals surface area contributed by atoms with Crippen molar-refractivity contribution in [2.24, 2.45) is 4.99 Å². The molecule has 0 aliphatic carbocycles. The van der Waals surface area contributed by atoms with Gasteiger partial charge in [0.25, 0.3) is 5.91 Å². The fraction of sp³-hybridized carbons (Fsp3) is 0.211. The molecule has 0 bridgehead atoms. The van der Waals surface area contributed by atoms with Gasteiger partial charge in [-0.1, -0.05) is 12.1 Å². The fourth-order valence-corrected chi connectivity index (χ4v) is 3.09. The maximum absolute atomic E-state index is 12.8. The van der Waals surface area contributed by atoms with Crippen molar-refractivity contribution in [3.8, 4) is 11.5 Å². The number of nitrogens with one attached hydrogen (secondary N) is 1. The first-order valence-corrected chi connectivity index (χ1v) is 8.26. The van der Waals surface area contributed by atoms with E-state index in [2.05, 4.69) is 15.3 Å². The number of aromatic nitrogens is 2. The lowest BCUT2D eigenvalue weighted by Gasteiger charge is -2.09. The third-order valence-corrected chi connectivity index (χ3v) is 4.36. The van der Waals surface area contributed by atoms with Gasteiger partial charge in [0.05, 0.1) is 25.3 Å². The summed E-state index contributed by atoms with van der Waals surface area (Å²) in [6.45, 7) is 1.48. The number of benzene rings is 2. The standard InChI is InChI=1S/C19H18N4O3/c1-25-12-7-8-14(16(11-12)26-2)18(24)22-19-21-15-6-4-3-5-13(15)17-20-9-10-23(17)19/h3-8,11,20H,9-10H2,1-2H3. The molecule has 0 fully saturated rings. The molecule has 3 aromatic rings. The molecular formula is C19H18N4O3. The molecule has 132 valence electrons. The normalized spacial score (nSPS) is 13.4. The molecule has 0 spiro atoms. The molecule has 0 unspecified atom stereocenters. The number of hydrogen-bond donors (Lipinski definition) is 1. The van der Waals surface area contributed by atoms with E-state index in [1.54, 1.807) is 25.3 Å². The number of fused-ring (bicyclic) bond motifs is 3. The number of carbonyl (C=O) groups is 1. The van der Waals surface area contributed by atoms with Crippen LogP contribution in [-0.4, -0.2) is 36.2 Å². The Hall–Kier alpha value is -3.35. The lowest BCUT2D eigenvalue weighted by molar-refractivity contribution is 0.0993. The topological polar surface area (TPSA) is 77.7 Å². The van der Waals surface area contributed by atoms with E-state index in [9.17, 15) is 4.79 Å². The highest BCUT2D eigenvalue weighted by molar-refractivity contribution is 5.98. The molecule has 7 nitrogen and oxygen atoms in total. The van der Waals surface area contributed by atoms with Crippen LogP contribution in [0, 0.1) is 0 Å². The fourth-order valence-electron chi connectivity index (χ4n) is 3.09. The summed E-state index contributed by atoms with van der Waals surface area (Å²) in [5.41, 5.74) is 1.54. The van der Waals surface area contributed by atoms with Crippen molar-refractivity contribution < 1.29 is 14.3 Å². The second-order valence-electron chi connectivity index (χ2n) is 5.84. The summed E-state index contributed by atoms with van der Waals surface area (Å²) in [4.78, 5) is 21.6. The van der Waals surface area contributed by atoms with Gasteiger partial charge in [0.2, 0.25) is 5.62 Å². The summed E-state index contributed by atoms with van der Waals surface area (Å²) in [5, 5.41) is 4.36. The van der Waals surface area contributed by atoms with Crippen molar-refractivity contribution in [1.82, 2.24) is 9.55 Å². The Balaban J connectivity index is 1.86. The van der Waals surface area contributed by atoms with Crippen LogP contribution in [-0.2, 0) is 6.54 Å². The number of amides is 1. The molecule has 1 aliphatic heterocycles. The summed E-state index contributed by atoms with van der Waals surface area (Å²) in [6.07, 6.45) is 0. The average Bonchev–Trinajstić information content (AvgIpc) is 3.18. The third kappa shape index (κ3) is 2.67. The van der Waals surface area contributed by atoms with Crippen LogP contribution in [0.25, 0.3) is 10.9 Å². The highest BCUT2D eigenvalue weighted by Gasteiger charge is 2.17. The van der Waals surface area contributed by atoms with Gasteiger partial charge in [-0.15, -0.1) is 0 Å². The van der Waals surface area contributed by atoms with Gasteiger partial charge in [-0.3, -0.25) is 9.36 Å². The largest absolute Gasteiger partial charge is 0.497 e. The minimum Gasteiger partial charge on any atom is -0.497 e. The minimum atomic E-state index is -0.408. The molecule has 1 amide bonds. The molecule has 1 aromatic heterocycles. The summed E-state index contributed by atoms with van der Waals surface area (Å²) in [6, 6.07) is 12.8. The van der Waals surface area contributed by atoms with Crippen molar-refractivity contribution in [3.05, 3.63) is 53.6 Å². The number of nitrogens with zero attached hydrogens (tertiary/aromatic N) is 3. The van der Waals surface area contributed by atoms with E-state index in [0.29, 0.717) is 29.2 Å². The second-order valence-corrected chi connectivity index (χ2v) is 5.84. The zero-order valence-corrected chi connectivity index (χ0v) is 14.5. The first-order valence-electron chi connectivity index (χ1n) is 8.26. The number of anilines is 1. The SMILES string of the molecule is COc1ccc(C(=O)N=c2nc3ccccc3c3n2CCN3)c(OC)c1. The molecular weight excluding hydrogens is 332 g/mol. The van der Waals surface area contributed by atoms with Crippen LogP contribution >= 0.6 is 0 Å². The van der Waals surface area contributed by atoms with E-state index in [0.717, 1.165) is 23.3 Å². The van der Waals surface area contributed by atoms with Crippen LogP contribution in [0.4, 0.5) is 5.82 Å². The highest BCUT2D eigenvalue weighted by Crippen LogP contribution is 2.25. The first kappa shape index (κ1) is 16.1. The Morgan fingerprint density at radius 1 is 1.19 bits per heavy atom. The Labute approximate surface area is 149 Å². The smallest absolute Gasteiger partial charge is 0.284 e. The van der Waals surface area contributed by atoms with E-state index in [1.807, 2.05) is 28.8 Å². The lowest BCUT2D eigenvalue weighted by Crippen LogP contribution is -2.24. The first-order chi connectivity index (χ1) is 12.7. The van der Waals surface area contributed by atoms with Gasteiger partial charge in [-0.2, -0.15) is 4.99 Å². The predicted octanol–water partition coefficient (Wildman–Crippen LogP) is 2.22. The number of methoxy groups -OCH3 is 2. The van der Waals surface area contributed by atoms with Gasteiger partial charge in [-0.05, 0) is 24.3 Å². The molecule has 1 N–H and O–H groups in total. The van der Waals surface area contributed by atoms with Crippen LogP contribution < -0.4 is 20.4 Å². The van der Waals surface area contributed by atoms with E-state index in [1.165, 1.54) is 7.11 Å². The van der Waals surface area contributed by atoms with Crippen LogP contribution in [0.1, 0.15) is 10.4 Å². The molecule has 0 radical (unpaired) electrons. The molecule has 26 heavy (non-hydrogen) atoms. The van der Waals surface area contributed by atoms with E-state index >= 15 is 0 Å². The summed E-state index contributed by atoms with van der Waals surface area (Å²) in [5.74, 6) is 1.55. The zero-order chi connectivity index (χ0) is 18.1. The van der Waals surface area contributed by atoms with Crippen molar-refractivity contribution >= 4 is 22.6 Å². The van der Waals surface area contributed by atoms with Gasteiger partial charge < -0.3 is 14.8 Å². The van der Waals surface area contributed by atoms with Crippen LogP contribution in [0.3, 0.4) is 0 Å². The number of hydrogen-bond acceptors (Lipinski definition) is 5. The predicted molar refractivity (Wildman–Crippen MR) is 97.7 cm³/mol. The Morgan fingerprint density at radius 3 is 2.85 bits per heavy atom. The van der Waals surface area contributed by atoms with Crippen molar-refractivity contribution in [2.45, 2.75) is 6.54 Å². The van der Waals surface area contributed by atoms with Crippen molar-refractivity contribution in [2.75, 3.05) is 26.1 Å². The summed E-state index contributed by atoms with van der Waals surface area (Å²) >= 11 is 0. The zero-order valence-electron chi connectivity index (χ0n) is 14.5. The van der Waals surface area contributed by atoms with Crippen LogP contribution in [0.2, 0.25) is 0 Å². The molecule has 0 saturated heterocycles. The van der Waals surface area contributed by atoms with E-state index < -0.39 is 5.91 Å². The molecule has 1 aliphatic rings. The number of para-hydroxylation sites is 1. The quantitative estimate of drug-likeness (QED) is 0.784. The third-order valence-electron chi connectivity index (χ3n) is 4.36. The highest BCUT2D eigenvalue weighted by atomic mass is 16.5. The second kappa shape index (κ2) is 6.51. The van der Waals surface area contributed by atoms with E-state index in [4.69, 9.17) is 9.47 Å². The van der Waals surface area contributed by atoms with Gasteiger partial charge in [-0.25, -0.2) is 4.98 Å². The molecule has 7 heteroatoms. The van der Waals surface area contributed by atoms with E-state index in [-0.39, 0.29) is 0 Å². The molecule has 0 saturated carbocycles. The number of rotatable bonds is 3. The van der Waals surface area contributed by atoms with Crippen LogP contribution in [0.5, 0.6) is 11.5 Å². The summed E-state index contributed by atoms with van der Waals surface area (Å²) in [7, 11) is 3.07. The monoisotopic (exact) mass is 350 g/mol. The maximum atomic E-state index is 12.8. The maximum Gasteiger partial charge on any atom is 0.284 e. The number of carbonyl (C=O) groups excluding carboxylic acids is 1. The Morgan fingerprint density at radius 2 is 2.04 bits per heavy atom. The molecule has 2 heterocycles. The van der Waals surface area contributed by atoms with Gasteiger partial charge in [0.15, 0.2) is 0 Å². The number of ether oxygens (including phenoxy) is 2. The average molecular weight is 350 g/mol. The van der Waals surface area contributed by atoms with Crippen LogP contribution in [0.15, 0.2) is 47.5 Å². The van der Waals surface area contributed by atoms with Crippen molar-refractivity contribution in [3.63, 3.8) is 0 Å². The molecule has 2 aromatic carbocycles. The van der Waals surface area contributed by atoms with Crippen molar-refractivity contribution in [1.29, 1.82) is 0 Å². The molecule has 0 atom stereocenters.